The highest BCUT2D eigenvalue weighted by atomic mass is 79.9. The molecule has 1 saturated carbocycles. The number of Topliss-reactive ketones (excluding diaryl/α,β-unsaturated/α-hetero) is 1. The summed E-state index contributed by atoms with van der Waals surface area (Å²) in [6, 6.07) is 34.1. The maximum Gasteiger partial charge on any atom is 0.416 e. The Balaban J connectivity index is 1.77. The van der Waals surface area contributed by atoms with Crippen molar-refractivity contribution in [1.29, 1.82) is 5.26 Å². The minimum atomic E-state index is -4.71. The summed E-state index contributed by atoms with van der Waals surface area (Å²) in [5.41, 5.74) is -2.94. The highest BCUT2D eigenvalue weighted by Gasteiger charge is 2.64. The Morgan fingerprint density at radius 1 is 0.776 bits per heavy atom. The van der Waals surface area contributed by atoms with Crippen LogP contribution in [0.15, 0.2) is 130 Å². The Morgan fingerprint density at radius 2 is 1.33 bits per heavy atom. The molecule has 5 aromatic carbocycles. The molecular weight excluding hydrogens is 802 g/mol. The van der Waals surface area contributed by atoms with Crippen LogP contribution in [0.1, 0.15) is 56.4 Å². The van der Waals surface area contributed by atoms with Crippen LogP contribution >= 0.6 is 55.1 Å². The van der Waals surface area contributed by atoms with Gasteiger partial charge in [0.25, 0.3) is 0 Å². The van der Waals surface area contributed by atoms with Crippen molar-refractivity contribution in [3.8, 4) is 6.07 Å². The quantitative estimate of drug-likeness (QED) is 0.173. The molecule has 0 radical (unpaired) electrons. The first-order valence-electron chi connectivity index (χ1n) is 15.2. The molecule has 248 valence electrons. The molecule has 0 spiro atoms. The van der Waals surface area contributed by atoms with E-state index in [1.54, 1.807) is 97.1 Å². The van der Waals surface area contributed by atoms with Crippen LogP contribution in [0.2, 0.25) is 10.0 Å². The Hall–Kier alpha value is -3.45. The maximum absolute atomic E-state index is 15.1. The summed E-state index contributed by atoms with van der Waals surface area (Å²) in [5, 5.41) is 25.6. The first-order chi connectivity index (χ1) is 23.3. The van der Waals surface area contributed by atoms with Crippen LogP contribution in [-0.2, 0) is 17.2 Å². The molecule has 10 heteroatoms. The van der Waals surface area contributed by atoms with E-state index in [2.05, 4.69) is 37.9 Å². The predicted molar refractivity (Wildman–Crippen MR) is 192 cm³/mol. The fraction of sp³-hybridized carbons (Fsp3) is 0.179. The predicted octanol–water partition coefficient (Wildman–Crippen LogP) is 11.7. The molecule has 0 aliphatic heterocycles. The molecule has 0 amide bonds. The molecule has 6 rings (SSSR count). The SMILES string of the molecule is N#CC1(c2cccc(C(F)(F)F)c2)C(c2cccc(Br)c2)CC(O)(c2ccc(Cl)cc2)C(C(=O)c2ccc(Cl)cc2)C1c1cccc(Br)c1. The van der Waals surface area contributed by atoms with Gasteiger partial charge in [0.05, 0.1) is 23.0 Å². The lowest BCUT2D eigenvalue weighted by Crippen LogP contribution is -2.58. The molecule has 5 aromatic rings. The summed E-state index contributed by atoms with van der Waals surface area (Å²) in [6.07, 6.45) is -4.90. The van der Waals surface area contributed by atoms with Crippen LogP contribution in [0, 0.1) is 17.2 Å². The molecule has 5 atom stereocenters. The van der Waals surface area contributed by atoms with Crippen LogP contribution in [0.3, 0.4) is 0 Å². The lowest BCUT2D eigenvalue weighted by molar-refractivity contribution is -0.137. The van der Waals surface area contributed by atoms with Gasteiger partial charge in [-0.25, -0.2) is 0 Å². The monoisotopic (exact) mass is 825 g/mol. The van der Waals surface area contributed by atoms with Crippen LogP contribution in [-0.4, -0.2) is 10.9 Å². The molecule has 1 aliphatic carbocycles. The van der Waals surface area contributed by atoms with E-state index >= 15 is 4.79 Å². The second-order valence-corrected chi connectivity index (χ2v) is 14.9. The Kier molecular flexibility index (Phi) is 9.89. The number of nitrogens with zero attached hydrogens (tertiary/aromatic N) is 1. The third-order valence-corrected chi connectivity index (χ3v) is 11.0. The molecule has 1 aliphatic rings. The average molecular weight is 828 g/mol. The summed E-state index contributed by atoms with van der Waals surface area (Å²) in [5.74, 6) is -3.97. The van der Waals surface area contributed by atoms with Gasteiger partial charge < -0.3 is 5.11 Å². The third-order valence-electron chi connectivity index (χ3n) is 9.47. The van der Waals surface area contributed by atoms with Crippen molar-refractivity contribution in [2.75, 3.05) is 0 Å². The zero-order valence-electron chi connectivity index (χ0n) is 25.4. The lowest BCUT2D eigenvalue weighted by Gasteiger charge is -2.56. The van der Waals surface area contributed by atoms with Crippen molar-refractivity contribution in [2.24, 2.45) is 5.92 Å². The maximum atomic E-state index is 15.1. The number of benzene rings is 5. The summed E-state index contributed by atoms with van der Waals surface area (Å²) < 4.78 is 44.3. The van der Waals surface area contributed by atoms with Gasteiger partial charge in [-0.05, 0) is 95.4 Å². The highest BCUT2D eigenvalue weighted by Crippen LogP contribution is 2.64. The van der Waals surface area contributed by atoms with Gasteiger partial charge in [0, 0.05) is 36.4 Å². The van der Waals surface area contributed by atoms with Crippen LogP contribution in [0.5, 0.6) is 0 Å². The summed E-state index contributed by atoms with van der Waals surface area (Å²) in [4.78, 5) is 15.1. The van der Waals surface area contributed by atoms with Gasteiger partial charge in [0.1, 0.15) is 5.60 Å². The zero-order chi connectivity index (χ0) is 35.1. The molecule has 1 N–H and O–H groups in total. The van der Waals surface area contributed by atoms with Gasteiger partial charge in [-0.3, -0.25) is 4.79 Å². The van der Waals surface area contributed by atoms with Gasteiger partial charge in [0.15, 0.2) is 5.78 Å². The number of aliphatic hydroxyl groups is 1. The van der Waals surface area contributed by atoms with Crippen molar-refractivity contribution >= 4 is 60.8 Å². The lowest BCUT2D eigenvalue weighted by atomic mass is 9.46. The van der Waals surface area contributed by atoms with E-state index in [1.165, 1.54) is 12.1 Å². The molecule has 5 unspecified atom stereocenters. The first-order valence-corrected chi connectivity index (χ1v) is 17.5. The number of carbonyl (C=O) groups excluding carboxylic acids is 1. The number of rotatable bonds is 6. The van der Waals surface area contributed by atoms with Gasteiger partial charge in [0.2, 0.25) is 0 Å². The van der Waals surface area contributed by atoms with Gasteiger partial charge in [-0.15, -0.1) is 0 Å². The number of hydrogen-bond donors (Lipinski definition) is 1. The molecule has 0 aromatic heterocycles. The largest absolute Gasteiger partial charge is 0.416 e. The van der Waals surface area contributed by atoms with Crippen LogP contribution in [0.25, 0.3) is 0 Å². The first kappa shape index (κ1) is 35.4. The van der Waals surface area contributed by atoms with Crippen molar-refractivity contribution in [3.05, 3.63) is 174 Å². The van der Waals surface area contributed by atoms with E-state index in [-0.39, 0.29) is 17.5 Å². The number of nitriles is 1. The van der Waals surface area contributed by atoms with Gasteiger partial charge in [-0.2, -0.15) is 18.4 Å². The number of alkyl halides is 3. The van der Waals surface area contributed by atoms with E-state index in [1.807, 2.05) is 0 Å². The standard InChI is InChI=1S/C39H26Br2Cl2F3NO2/c40-29-8-1-4-24(18-29)33-21-38(49,26-12-16-32(43)17-13-26)35(36(48)23-10-14-31(42)15-11-23)34(25-5-2-9-30(41)19-25)37(33,22-47)27-6-3-7-28(20-27)39(44,45)46/h1-20,33-35,49H,21H2. The summed E-state index contributed by atoms with van der Waals surface area (Å²) >= 11 is 19.5. The Morgan fingerprint density at radius 3 is 1.90 bits per heavy atom. The van der Waals surface area contributed by atoms with Gasteiger partial charge >= 0.3 is 6.18 Å². The van der Waals surface area contributed by atoms with E-state index in [9.17, 15) is 23.5 Å². The molecule has 0 bridgehead atoms. The van der Waals surface area contributed by atoms with Crippen molar-refractivity contribution in [3.63, 3.8) is 0 Å². The normalized spacial score (nSPS) is 23.9. The van der Waals surface area contributed by atoms with E-state index < -0.39 is 46.3 Å². The highest BCUT2D eigenvalue weighted by molar-refractivity contribution is 9.10. The number of ketones is 1. The Bertz CT molecular complexity index is 2070. The number of hydrogen-bond acceptors (Lipinski definition) is 3. The van der Waals surface area contributed by atoms with Crippen molar-refractivity contribution in [2.45, 2.75) is 35.4 Å². The van der Waals surface area contributed by atoms with Crippen molar-refractivity contribution < 1.29 is 23.1 Å². The van der Waals surface area contributed by atoms with E-state index in [0.29, 0.717) is 35.7 Å². The zero-order valence-corrected chi connectivity index (χ0v) is 30.1. The molecule has 0 saturated heterocycles. The van der Waals surface area contributed by atoms with Crippen LogP contribution < -0.4 is 0 Å². The Labute approximate surface area is 308 Å². The smallest absolute Gasteiger partial charge is 0.384 e. The second kappa shape index (κ2) is 13.7. The molecule has 0 heterocycles. The molecule has 3 nitrogen and oxygen atoms in total. The number of halogens is 7. The van der Waals surface area contributed by atoms with Crippen molar-refractivity contribution in [1.82, 2.24) is 0 Å². The van der Waals surface area contributed by atoms with Crippen LogP contribution in [0.4, 0.5) is 13.2 Å². The minimum Gasteiger partial charge on any atom is -0.384 e. The summed E-state index contributed by atoms with van der Waals surface area (Å²) in [7, 11) is 0. The second-order valence-electron chi connectivity index (χ2n) is 12.2. The average Bonchev–Trinajstić information content (AvgIpc) is 3.08. The minimum absolute atomic E-state index is 0.0758. The fourth-order valence-corrected chi connectivity index (χ4v) is 8.44. The fourth-order valence-electron chi connectivity index (χ4n) is 7.36. The van der Waals surface area contributed by atoms with Gasteiger partial charge in [-0.1, -0.05) is 110 Å². The summed E-state index contributed by atoms with van der Waals surface area (Å²) in [6.45, 7) is 0. The molecular formula is C39H26Br2Cl2F3NO2. The van der Waals surface area contributed by atoms with E-state index in [4.69, 9.17) is 23.2 Å². The molecule has 1 fully saturated rings. The van der Waals surface area contributed by atoms with E-state index in [0.717, 1.165) is 12.1 Å². The topological polar surface area (TPSA) is 61.1 Å². The number of carbonyl (C=O) groups is 1. The molecule has 49 heavy (non-hydrogen) atoms. The third kappa shape index (κ3) is 6.60.